The molecule has 0 aromatic heterocycles. The topological polar surface area (TPSA) is 9.23 Å². The monoisotopic (exact) mass is 258 g/mol. The normalized spacial score (nSPS) is 23.9. The molecule has 0 spiro atoms. The Kier molecular flexibility index (Phi) is 5.65. The zero-order chi connectivity index (χ0) is 13.5. The van der Waals surface area contributed by atoms with Gasteiger partial charge in [-0.1, -0.05) is 36.4 Å². The first kappa shape index (κ1) is 14.3. The van der Waals surface area contributed by atoms with Gasteiger partial charge in [0.1, 0.15) is 0 Å². The standard InChI is InChI=1S/C18H26O/c1-3-5-15-6-10-17(11-7-15)18-12-8-16(9-13-18)14-19-4-2/h3,5,8-9,12-13,15,17H,4,6-7,10-11,14H2,1-2H3/b5-3-. The Morgan fingerprint density at radius 2 is 1.79 bits per heavy atom. The number of rotatable bonds is 5. The van der Waals surface area contributed by atoms with Crippen molar-refractivity contribution in [3.63, 3.8) is 0 Å². The fourth-order valence-corrected chi connectivity index (χ4v) is 3.02. The molecule has 19 heavy (non-hydrogen) atoms. The van der Waals surface area contributed by atoms with Crippen molar-refractivity contribution >= 4 is 0 Å². The van der Waals surface area contributed by atoms with Crippen molar-refractivity contribution < 1.29 is 4.74 Å². The summed E-state index contributed by atoms with van der Waals surface area (Å²) in [6.45, 7) is 5.70. The van der Waals surface area contributed by atoms with Gasteiger partial charge in [0, 0.05) is 6.61 Å². The van der Waals surface area contributed by atoms with Gasteiger partial charge in [-0.15, -0.1) is 0 Å². The summed E-state index contributed by atoms with van der Waals surface area (Å²) in [5.74, 6) is 1.58. The van der Waals surface area contributed by atoms with Gasteiger partial charge in [-0.3, -0.25) is 0 Å². The molecular weight excluding hydrogens is 232 g/mol. The second-order valence-electron chi connectivity index (χ2n) is 5.52. The number of hydrogen-bond acceptors (Lipinski definition) is 1. The third-order valence-electron chi connectivity index (χ3n) is 4.16. The molecule has 1 aromatic carbocycles. The first-order valence-corrected chi connectivity index (χ1v) is 7.63. The maximum atomic E-state index is 5.44. The fourth-order valence-electron chi connectivity index (χ4n) is 3.02. The first-order valence-electron chi connectivity index (χ1n) is 7.63. The quantitative estimate of drug-likeness (QED) is 0.670. The lowest BCUT2D eigenvalue weighted by atomic mass is 9.78. The van der Waals surface area contributed by atoms with Crippen LogP contribution in [-0.4, -0.2) is 6.61 Å². The summed E-state index contributed by atoms with van der Waals surface area (Å²) < 4.78 is 5.44. The van der Waals surface area contributed by atoms with E-state index in [4.69, 9.17) is 4.74 Å². The van der Waals surface area contributed by atoms with Gasteiger partial charge < -0.3 is 4.74 Å². The van der Waals surface area contributed by atoms with E-state index < -0.39 is 0 Å². The second-order valence-corrected chi connectivity index (χ2v) is 5.52. The van der Waals surface area contributed by atoms with E-state index >= 15 is 0 Å². The Morgan fingerprint density at radius 3 is 2.37 bits per heavy atom. The third kappa shape index (κ3) is 4.21. The van der Waals surface area contributed by atoms with Gasteiger partial charge in [0.05, 0.1) is 6.61 Å². The molecule has 0 N–H and O–H groups in total. The number of benzene rings is 1. The Balaban J connectivity index is 1.89. The summed E-state index contributed by atoms with van der Waals surface area (Å²) in [6, 6.07) is 9.05. The summed E-state index contributed by atoms with van der Waals surface area (Å²) in [5.41, 5.74) is 2.80. The Labute approximate surface area is 117 Å². The van der Waals surface area contributed by atoms with Crippen molar-refractivity contribution in [1.29, 1.82) is 0 Å². The average Bonchev–Trinajstić information content (AvgIpc) is 2.47. The predicted molar refractivity (Wildman–Crippen MR) is 81.3 cm³/mol. The van der Waals surface area contributed by atoms with Crippen LogP contribution in [0.2, 0.25) is 0 Å². The lowest BCUT2D eigenvalue weighted by Gasteiger charge is -2.27. The molecule has 1 nitrogen and oxygen atoms in total. The molecule has 0 radical (unpaired) electrons. The van der Waals surface area contributed by atoms with Crippen LogP contribution in [0.5, 0.6) is 0 Å². The van der Waals surface area contributed by atoms with Gasteiger partial charge in [-0.25, -0.2) is 0 Å². The molecule has 0 atom stereocenters. The highest BCUT2D eigenvalue weighted by molar-refractivity contribution is 5.25. The lowest BCUT2D eigenvalue weighted by molar-refractivity contribution is 0.134. The molecule has 0 aliphatic heterocycles. The molecule has 0 heterocycles. The fraction of sp³-hybridized carbons (Fsp3) is 0.556. The predicted octanol–water partition coefficient (Wildman–Crippen LogP) is 5.07. The van der Waals surface area contributed by atoms with Gasteiger partial charge >= 0.3 is 0 Å². The number of ether oxygens (including phenoxy) is 1. The SMILES string of the molecule is C/C=C\C1CCC(c2ccc(COCC)cc2)CC1. The minimum Gasteiger partial charge on any atom is -0.377 e. The molecule has 1 heteroatoms. The molecule has 0 unspecified atom stereocenters. The van der Waals surface area contributed by atoms with Crippen molar-refractivity contribution in [2.24, 2.45) is 5.92 Å². The molecule has 104 valence electrons. The van der Waals surface area contributed by atoms with Crippen LogP contribution in [0.15, 0.2) is 36.4 Å². The molecule has 1 fully saturated rings. The van der Waals surface area contributed by atoms with Crippen molar-refractivity contribution in [1.82, 2.24) is 0 Å². The summed E-state index contributed by atoms with van der Waals surface area (Å²) in [6.07, 6.45) is 9.93. The third-order valence-corrected chi connectivity index (χ3v) is 4.16. The van der Waals surface area contributed by atoms with Gasteiger partial charge in [-0.05, 0) is 62.5 Å². The molecule has 1 saturated carbocycles. The van der Waals surface area contributed by atoms with Crippen LogP contribution in [0.25, 0.3) is 0 Å². The number of hydrogen-bond donors (Lipinski definition) is 0. The van der Waals surface area contributed by atoms with Crippen LogP contribution in [0, 0.1) is 5.92 Å². The average molecular weight is 258 g/mol. The van der Waals surface area contributed by atoms with E-state index in [9.17, 15) is 0 Å². The molecule has 2 rings (SSSR count). The minimum absolute atomic E-state index is 0.741. The molecule has 0 bridgehead atoms. The zero-order valence-corrected chi connectivity index (χ0v) is 12.3. The van der Waals surface area contributed by atoms with Crippen molar-refractivity contribution in [2.75, 3.05) is 6.61 Å². The summed E-state index contributed by atoms with van der Waals surface area (Å²) >= 11 is 0. The van der Waals surface area contributed by atoms with Crippen molar-refractivity contribution in [3.05, 3.63) is 47.5 Å². The molecule has 1 aliphatic rings. The molecule has 0 saturated heterocycles. The Morgan fingerprint density at radius 1 is 1.11 bits per heavy atom. The maximum Gasteiger partial charge on any atom is 0.0716 e. The molecular formula is C18H26O. The van der Waals surface area contributed by atoms with Crippen LogP contribution in [-0.2, 0) is 11.3 Å². The molecule has 1 aliphatic carbocycles. The Bertz CT molecular complexity index is 383. The van der Waals surface area contributed by atoms with Gasteiger partial charge in [0.25, 0.3) is 0 Å². The van der Waals surface area contributed by atoms with Crippen molar-refractivity contribution in [3.8, 4) is 0 Å². The minimum atomic E-state index is 0.741. The van der Waals surface area contributed by atoms with E-state index in [0.717, 1.165) is 25.0 Å². The van der Waals surface area contributed by atoms with E-state index in [-0.39, 0.29) is 0 Å². The first-order chi connectivity index (χ1) is 9.33. The maximum absolute atomic E-state index is 5.44. The largest absolute Gasteiger partial charge is 0.377 e. The smallest absolute Gasteiger partial charge is 0.0716 e. The van der Waals surface area contributed by atoms with Gasteiger partial charge in [-0.2, -0.15) is 0 Å². The van der Waals surface area contributed by atoms with Crippen LogP contribution >= 0.6 is 0 Å². The summed E-state index contributed by atoms with van der Waals surface area (Å²) in [4.78, 5) is 0. The number of allylic oxidation sites excluding steroid dienone is 2. The molecule has 1 aromatic rings. The van der Waals surface area contributed by atoms with E-state index in [1.807, 2.05) is 6.92 Å². The summed E-state index contributed by atoms with van der Waals surface area (Å²) in [5, 5.41) is 0. The van der Waals surface area contributed by atoms with Gasteiger partial charge in [0.2, 0.25) is 0 Å². The lowest BCUT2D eigenvalue weighted by Crippen LogP contribution is -2.11. The van der Waals surface area contributed by atoms with E-state index in [1.54, 1.807) is 0 Å². The Hall–Kier alpha value is -1.08. The van der Waals surface area contributed by atoms with Crippen LogP contribution in [0.1, 0.15) is 56.6 Å². The van der Waals surface area contributed by atoms with Gasteiger partial charge in [0.15, 0.2) is 0 Å². The highest BCUT2D eigenvalue weighted by Crippen LogP contribution is 2.36. The highest BCUT2D eigenvalue weighted by Gasteiger charge is 2.20. The van der Waals surface area contributed by atoms with Crippen LogP contribution in [0.4, 0.5) is 0 Å². The summed E-state index contributed by atoms with van der Waals surface area (Å²) in [7, 11) is 0. The van der Waals surface area contributed by atoms with Crippen molar-refractivity contribution in [2.45, 2.75) is 52.1 Å². The van der Waals surface area contributed by atoms with Crippen LogP contribution in [0.3, 0.4) is 0 Å². The molecule has 0 amide bonds. The van der Waals surface area contributed by atoms with E-state index in [2.05, 4.69) is 43.3 Å². The second kappa shape index (κ2) is 7.49. The highest BCUT2D eigenvalue weighted by atomic mass is 16.5. The van der Waals surface area contributed by atoms with E-state index in [1.165, 1.54) is 36.8 Å². The van der Waals surface area contributed by atoms with E-state index in [0.29, 0.717) is 0 Å². The zero-order valence-electron chi connectivity index (χ0n) is 12.3. The van der Waals surface area contributed by atoms with Crippen LogP contribution < -0.4 is 0 Å².